The number of hydrogen-bond acceptors (Lipinski definition) is 7. The van der Waals surface area contributed by atoms with Crippen molar-refractivity contribution in [1.82, 2.24) is 41.0 Å². The number of carbonyl (C=O) groups excluding carboxylic acids is 6. The topological polar surface area (TPSA) is 253 Å². The zero-order valence-electron chi connectivity index (χ0n) is 36.0. The Morgan fingerprint density at radius 1 is 0.688 bits per heavy atom. The van der Waals surface area contributed by atoms with Gasteiger partial charge in [0.05, 0.1) is 0 Å². The Hall–Kier alpha value is -7.17. The van der Waals surface area contributed by atoms with Crippen molar-refractivity contribution in [3.63, 3.8) is 0 Å². The van der Waals surface area contributed by atoms with Gasteiger partial charge >= 0.3 is 0 Å². The van der Waals surface area contributed by atoms with Crippen LogP contribution < -0.4 is 32.7 Å². The van der Waals surface area contributed by atoms with Gasteiger partial charge in [0.1, 0.15) is 35.7 Å². The molecule has 3 aromatic carbocycles. The average molecular weight is 870 g/mol. The zero-order chi connectivity index (χ0) is 45.1. The molecule has 2 aromatic heterocycles. The number of benzene rings is 3. The zero-order valence-corrected chi connectivity index (χ0v) is 36.0. The van der Waals surface area contributed by atoms with Crippen LogP contribution in [0, 0.1) is 0 Å². The summed E-state index contributed by atoms with van der Waals surface area (Å²) in [6.07, 6.45) is 5.09. The second-order valence-corrected chi connectivity index (χ2v) is 17.5. The number of H-pyrrole nitrogens is 2. The number of nitrogens with zero attached hydrogens (tertiary/aromatic N) is 3. The summed E-state index contributed by atoms with van der Waals surface area (Å²) < 4.78 is 0. The smallest absolute Gasteiger partial charge is 0.246 e. The first kappa shape index (κ1) is 43.5. The van der Waals surface area contributed by atoms with Crippen LogP contribution in [0.1, 0.15) is 61.8 Å². The van der Waals surface area contributed by atoms with Crippen LogP contribution in [0.2, 0.25) is 0 Å². The summed E-state index contributed by atoms with van der Waals surface area (Å²) in [6.45, 7) is 3.57. The number of para-hydroxylation sites is 2. The largest absolute Gasteiger partial charge is 0.370 e. The molecule has 0 bridgehead atoms. The number of aliphatic imine (C=N–C) groups is 1. The predicted molar refractivity (Wildman–Crippen MR) is 241 cm³/mol. The van der Waals surface area contributed by atoms with Crippen molar-refractivity contribution in [1.29, 1.82) is 0 Å². The molecule has 6 amide bonds. The molecule has 2 saturated heterocycles. The standard InChI is InChI=1S/C47H55N11O6/c1-47(2)45(64)55-36(21-29-24-51-33-15-7-5-13-31(29)33)40(59)53-35(17-9-19-50-46(48)49)43(62)57-20-10-18-38(57)44(63)58-26-28-12-4-3-11-27(28)23-39(58)42(61)54-37(41(60)56-47)22-30-25-52-34-16-8-6-14-32(30)34/h3-8,11-16,24-25,35-39,51-52H,9-10,17-23,26H2,1-2H3,(H,53,59)(H,54,61)(H,55,64)(H,56,60)(H4,48,49,50)/t35-,36-,37-,38+,39-/m0/s1. The minimum Gasteiger partial charge on any atom is -0.370 e. The number of guanidine groups is 1. The summed E-state index contributed by atoms with van der Waals surface area (Å²) in [5, 5.41) is 13.4. The number of amides is 6. The second kappa shape index (κ2) is 18.3. The van der Waals surface area contributed by atoms with Gasteiger partial charge in [-0.2, -0.15) is 0 Å². The lowest BCUT2D eigenvalue weighted by Crippen LogP contribution is -2.65. The maximum atomic E-state index is 15.0. The van der Waals surface area contributed by atoms with Crippen LogP contribution in [0.25, 0.3) is 21.8 Å². The van der Waals surface area contributed by atoms with E-state index in [1.807, 2.05) is 72.8 Å². The van der Waals surface area contributed by atoms with Crippen LogP contribution in [0.4, 0.5) is 0 Å². The molecule has 0 radical (unpaired) electrons. The monoisotopic (exact) mass is 869 g/mol. The molecule has 17 heteroatoms. The molecule has 0 spiro atoms. The number of hydrogen-bond donors (Lipinski definition) is 8. The number of aromatic nitrogens is 2. The van der Waals surface area contributed by atoms with E-state index < -0.39 is 71.2 Å². The van der Waals surface area contributed by atoms with Gasteiger partial charge in [0, 0.05) is 73.1 Å². The lowest BCUT2D eigenvalue weighted by molar-refractivity contribution is -0.150. The molecule has 8 rings (SSSR count). The van der Waals surface area contributed by atoms with E-state index >= 15 is 0 Å². The fraction of sp³-hybridized carbons (Fsp3) is 0.383. The van der Waals surface area contributed by atoms with Crippen LogP contribution in [0.15, 0.2) is 90.2 Å². The molecule has 0 aliphatic carbocycles. The first-order valence-electron chi connectivity index (χ1n) is 21.8. The van der Waals surface area contributed by atoms with E-state index in [9.17, 15) is 28.8 Å². The maximum absolute atomic E-state index is 15.0. The van der Waals surface area contributed by atoms with Gasteiger partial charge in [-0.1, -0.05) is 60.7 Å². The van der Waals surface area contributed by atoms with Gasteiger partial charge in [-0.3, -0.25) is 33.8 Å². The van der Waals surface area contributed by atoms with Crippen LogP contribution in [0.3, 0.4) is 0 Å². The van der Waals surface area contributed by atoms with Crippen molar-refractivity contribution < 1.29 is 28.8 Å². The first-order valence-corrected chi connectivity index (χ1v) is 21.8. The van der Waals surface area contributed by atoms with E-state index in [1.54, 1.807) is 12.4 Å². The number of nitrogens with one attached hydrogen (secondary N) is 6. The third kappa shape index (κ3) is 9.14. The lowest BCUT2D eigenvalue weighted by Gasteiger charge is -2.40. The fourth-order valence-electron chi connectivity index (χ4n) is 9.22. The molecule has 2 fully saturated rings. The SMILES string of the molecule is CC1(C)NC(=O)[C@H](Cc2c[nH]c3ccccc23)NC(=O)[C@@H]2Cc3ccccc3CN2C(=O)[C@H]2CCCN2C(=O)[C@H](CCCN=C(N)N)NC(=O)[C@H](Cc2c[nH]c3ccccc23)NC1=O. The Kier molecular flexibility index (Phi) is 12.4. The molecule has 0 unspecified atom stereocenters. The number of fused-ring (bicyclic) bond motifs is 5. The van der Waals surface area contributed by atoms with Gasteiger partial charge in [0.15, 0.2) is 5.96 Å². The third-order valence-corrected chi connectivity index (χ3v) is 12.7. The Balaban J connectivity index is 1.19. The maximum Gasteiger partial charge on any atom is 0.246 e. The van der Waals surface area contributed by atoms with Gasteiger partial charge in [0.2, 0.25) is 35.4 Å². The summed E-state index contributed by atoms with van der Waals surface area (Å²) >= 11 is 0. The van der Waals surface area contributed by atoms with E-state index in [0.717, 1.165) is 44.1 Å². The van der Waals surface area contributed by atoms with E-state index in [4.69, 9.17) is 11.5 Å². The number of nitrogens with two attached hydrogens (primary N) is 2. The Morgan fingerprint density at radius 2 is 1.28 bits per heavy atom. The lowest BCUT2D eigenvalue weighted by atomic mass is 9.92. The van der Waals surface area contributed by atoms with Gasteiger partial charge in [-0.25, -0.2) is 0 Å². The van der Waals surface area contributed by atoms with E-state index in [-0.39, 0.29) is 51.3 Å². The highest BCUT2D eigenvalue weighted by Gasteiger charge is 2.45. The molecule has 5 atom stereocenters. The van der Waals surface area contributed by atoms with Gasteiger partial charge in [-0.05, 0) is 73.9 Å². The number of rotatable bonds is 8. The Morgan fingerprint density at radius 3 is 1.94 bits per heavy atom. The number of carbonyl (C=O) groups is 6. The minimum atomic E-state index is -1.62. The third-order valence-electron chi connectivity index (χ3n) is 12.7. The highest BCUT2D eigenvalue weighted by Crippen LogP contribution is 2.29. The Bertz CT molecular complexity index is 2630. The fourth-order valence-corrected chi connectivity index (χ4v) is 9.22. The summed E-state index contributed by atoms with van der Waals surface area (Å²) in [5.41, 5.74) is 14.5. The van der Waals surface area contributed by atoms with Crippen molar-refractivity contribution in [2.24, 2.45) is 16.5 Å². The molecule has 0 saturated carbocycles. The molecule has 10 N–H and O–H groups in total. The van der Waals surface area contributed by atoms with Crippen molar-refractivity contribution >= 4 is 63.2 Å². The summed E-state index contributed by atoms with van der Waals surface area (Å²) in [4.78, 5) is 102. The van der Waals surface area contributed by atoms with Crippen LogP contribution in [0.5, 0.6) is 0 Å². The van der Waals surface area contributed by atoms with Crippen LogP contribution in [-0.4, -0.2) is 110 Å². The van der Waals surface area contributed by atoms with E-state index in [1.165, 1.54) is 23.6 Å². The normalized spacial score (nSPS) is 23.2. The Labute approximate surface area is 370 Å². The molecular formula is C47H55N11O6. The summed E-state index contributed by atoms with van der Waals surface area (Å²) in [5.74, 6) is -3.50. The minimum absolute atomic E-state index is 0.0302. The first-order chi connectivity index (χ1) is 30.8. The average Bonchev–Trinajstić information content (AvgIpc) is 4.05. The van der Waals surface area contributed by atoms with E-state index in [2.05, 4.69) is 36.2 Å². The molecule has 334 valence electrons. The number of aromatic amines is 2. The summed E-state index contributed by atoms with van der Waals surface area (Å²) in [6, 6.07) is 17.2. The molecule has 64 heavy (non-hydrogen) atoms. The van der Waals surface area contributed by atoms with Crippen molar-refractivity contribution in [3.05, 3.63) is 107 Å². The second-order valence-electron chi connectivity index (χ2n) is 17.5. The highest BCUT2D eigenvalue weighted by atomic mass is 16.2. The molecular weight excluding hydrogens is 815 g/mol. The van der Waals surface area contributed by atoms with Crippen molar-refractivity contribution in [2.45, 2.75) is 101 Å². The van der Waals surface area contributed by atoms with Crippen molar-refractivity contribution in [2.75, 3.05) is 13.1 Å². The van der Waals surface area contributed by atoms with Gasteiger partial charge in [0.25, 0.3) is 0 Å². The van der Waals surface area contributed by atoms with Gasteiger partial charge < -0.3 is 52.5 Å². The molecule has 5 heterocycles. The molecule has 17 nitrogen and oxygen atoms in total. The molecule has 3 aliphatic rings. The predicted octanol–water partition coefficient (Wildman–Crippen LogP) is 1.80. The highest BCUT2D eigenvalue weighted by molar-refractivity contribution is 6.00. The van der Waals surface area contributed by atoms with Gasteiger partial charge in [-0.15, -0.1) is 0 Å². The van der Waals surface area contributed by atoms with Crippen LogP contribution >= 0.6 is 0 Å². The van der Waals surface area contributed by atoms with Crippen LogP contribution in [-0.2, 0) is 54.6 Å². The molecule has 3 aliphatic heterocycles. The van der Waals surface area contributed by atoms with Crippen molar-refractivity contribution in [3.8, 4) is 0 Å². The quantitative estimate of drug-likeness (QED) is 0.0647. The van der Waals surface area contributed by atoms with E-state index in [0.29, 0.717) is 19.3 Å². The molecule has 5 aromatic rings. The summed E-state index contributed by atoms with van der Waals surface area (Å²) in [7, 11) is 0.